The van der Waals surface area contributed by atoms with E-state index in [1.165, 1.54) is 24.3 Å². The first-order valence-corrected chi connectivity index (χ1v) is 6.30. The molecule has 0 unspecified atom stereocenters. The molecule has 0 aromatic heterocycles. The lowest BCUT2D eigenvalue weighted by Crippen LogP contribution is -1.97. The summed E-state index contributed by atoms with van der Waals surface area (Å²) < 4.78 is 13.6. The molecule has 0 radical (unpaired) electrons. The fourth-order valence-electron chi connectivity index (χ4n) is 1.56. The number of nitrogen functional groups attached to an aromatic ring is 1. The molecule has 2 aromatic carbocycles. The second-order valence-corrected chi connectivity index (χ2v) is 4.98. The predicted molar refractivity (Wildman–Crippen MR) is 79.9 cm³/mol. The smallest absolute Gasteiger partial charge is 0.273 e. The molecule has 3 N–H and O–H groups in total. The van der Waals surface area contributed by atoms with Gasteiger partial charge in [-0.2, -0.15) is 0 Å². The quantitative estimate of drug-likeness (QED) is 0.372. The minimum atomic E-state index is -0.517. The molecule has 0 amide bonds. The van der Waals surface area contributed by atoms with Crippen molar-refractivity contribution in [3.05, 3.63) is 55.9 Å². The van der Waals surface area contributed by atoms with Crippen molar-refractivity contribution in [1.29, 1.82) is 0 Å². The van der Waals surface area contributed by atoms with Crippen LogP contribution in [0.3, 0.4) is 0 Å². The third-order valence-corrected chi connectivity index (χ3v) is 3.25. The molecule has 7 heteroatoms. The molecule has 0 aliphatic carbocycles. The predicted octanol–water partition coefficient (Wildman–Crippen LogP) is 3.66. The third kappa shape index (κ3) is 3.31. The summed E-state index contributed by atoms with van der Waals surface area (Å²) >= 11 is 1.98. The molecule has 2 aromatic rings. The molecule has 0 aliphatic rings. The lowest BCUT2D eigenvalue weighted by atomic mass is 10.2. The maximum atomic E-state index is 13.0. The largest absolute Gasteiger partial charge is 0.398 e. The summed E-state index contributed by atoms with van der Waals surface area (Å²) in [5.41, 5.74) is 6.93. The van der Waals surface area contributed by atoms with E-state index in [-0.39, 0.29) is 17.2 Å². The van der Waals surface area contributed by atoms with Gasteiger partial charge < -0.3 is 11.1 Å². The van der Waals surface area contributed by atoms with Crippen molar-refractivity contribution in [1.82, 2.24) is 0 Å². The van der Waals surface area contributed by atoms with Crippen LogP contribution in [0.15, 0.2) is 36.4 Å². The summed E-state index contributed by atoms with van der Waals surface area (Å²) in [6.07, 6.45) is 0. The number of benzene rings is 2. The van der Waals surface area contributed by atoms with Gasteiger partial charge in [-0.15, -0.1) is 0 Å². The zero-order valence-electron chi connectivity index (χ0n) is 9.56. The van der Waals surface area contributed by atoms with Crippen LogP contribution in [0.1, 0.15) is 0 Å². The summed E-state index contributed by atoms with van der Waals surface area (Å²) in [5, 5.41) is 13.7. The third-order valence-electron chi connectivity index (χ3n) is 2.36. The topological polar surface area (TPSA) is 81.2 Å². The summed E-state index contributed by atoms with van der Waals surface area (Å²) in [7, 11) is 0. The number of nitrogens with one attached hydrogen (secondary N) is 1. The van der Waals surface area contributed by atoms with Gasteiger partial charge in [-0.3, -0.25) is 10.1 Å². The Morgan fingerprint density at radius 2 is 2.00 bits per heavy atom. The number of hydrogen-bond acceptors (Lipinski definition) is 4. The number of nitro benzene ring substituents is 1. The first kappa shape index (κ1) is 13.5. The van der Waals surface area contributed by atoms with E-state index in [4.69, 9.17) is 5.73 Å². The molecule has 0 bridgehead atoms. The second-order valence-electron chi connectivity index (χ2n) is 3.82. The van der Waals surface area contributed by atoms with Crippen LogP contribution in [0, 0.1) is 19.5 Å². The summed E-state index contributed by atoms with van der Waals surface area (Å²) in [4.78, 5) is 10.2. The standard InChI is InChI=1S/C12H9FIN3O2/c13-7-1-2-12(11(14)3-7)16-9-4-8(15)5-10(6-9)17(18)19/h1-6,16H,15H2. The van der Waals surface area contributed by atoms with Crippen LogP contribution in [0.2, 0.25) is 0 Å². The van der Waals surface area contributed by atoms with Gasteiger partial charge in [0.25, 0.3) is 5.69 Å². The maximum Gasteiger partial charge on any atom is 0.273 e. The van der Waals surface area contributed by atoms with E-state index >= 15 is 0 Å². The average Bonchev–Trinajstić information content (AvgIpc) is 2.32. The van der Waals surface area contributed by atoms with Crippen molar-refractivity contribution < 1.29 is 9.31 Å². The number of nitro groups is 1. The molecule has 5 nitrogen and oxygen atoms in total. The fourth-order valence-corrected chi connectivity index (χ4v) is 2.17. The van der Waals surface area contributed by atoms with Gasteiger partial charge in [0.05, 0.1) is 10.6 Å². The SMILES string of the molecule is Nc1cc(Nc2ccc(F)cc2I)cc([N+](=O)[O-])c1. The minimum absolute atomic E-state index is 0.0976. The van der Waals surface area contributed by atoms with Gasteiger partial charge in [-0.05, 0) is 46.9 Å². The lowest BCUT2D eigenvalue weighted by Gasteiger charge is -2.09. The minimum Gasteiger partial charge on any atom is -0.398 e. The average molecular weight is 373 g/mol. The van der Waals surface area contributed by atoms with Gasteiger partial charge in [0.1, 0.15) is 5.82 Å². The first-order chi connectivity index (χ1) is 8.95. The van der Waals surface area contributed by atoms with Gasteiger partial charge in [0, 0.05) is 27.1 Å². The Bertz CT molecular complexity index is 649. The maximum absolute atomic E-state index is 13.0. The summed E-state index contributed by atoms with van der Waals surface area (Å²) in [6.45, 7) is 0. The number of anilines is 3. The van der Waals surface area contributed by atoms with Crippen molar-refractivity contribution in [2.24, 2.45) is 0 Å². The molecule has 0 aliphatic heterocycles. The molecule has 0 fully saturated rings. The summed E-state index contributed by atoms with van der Waals surface area (Å²) in [6, 6.07) is 8.46. The monoisotopic (exact) mass is 373 g/mol. The van der Waals surface area contributed by atoms with Crippen LogP contribution in [0.25, 0.3) is 0 Å². The number of rotatable bonds is 3. The highest BCUT2D eigenvalue weighted by molar-refractivity contribution is 14.1. The van der Waals surface area contributed by atoms with Gasteiger partial charge >= 0.3 is 0 Å². The van der Waals surface area contributed by atoms with Crippen molar-refractivity contribution >= 4 is 45.3 Å². The second kappa shape index (κ2) is 5.39. The highest BCUT2D eigenvalue weighted by atomic mass is 127. The number of nitrogens with two attached hydrogens (primary N) is 1. The van der Waals surface area contributed by atoms with Crippen molar-refractivity contribution in [3.63, 3.8) is 0 Å². The molecule has 0 saturated carbocycles. The number of nitrogens with zero attached hydrogens (tertiary/aromatic N) is 1. The van der Waals surface area contributed by atoms with Crippen molar-refractivity contribution in [2.75, 3.05) is 11.1 Å². The van der Waals surface area contributed by atoms with Crippen LogP contribution in [-0.4, -0.2) is 4.92 Å². The molecule has 98 valence electrons. The van der Waals surface area contributed by atoms with Crippen LogP contribution >= 0.6 is 22.6 Å². The lowest BCUT2D eigenvalue weighted by molar-refractivity contribution is -0.384. The van der Waals surface area contributed by atoms with E-state index in [0.717, 1.165) is 0 Å². The van der Waals surface area contributed by atoms with Gasteiger partial charge in [-0.25, -0.2) is 4.39 Å². The highest BCUT2D eigenvalue weighted by Gasteiger charge is 2.09. The zero-order valence-corrected chi connectivity index (χ0v) is 11.7. The summed E-state index contributed by atoms with van der Waals surface area (Å²) in [5.74, 6) is -0.339. The van der Waals surface area contributed by atoms with E-state index < -0.39 is 4.92 Å². The van der Waals surface area contributed by atoms with Crippen molar-refractivity contribution in [2.45, 2.75) is 0 Å². The number of halogens is 2. The van der Waals surface area contributed by atoms with Crippen LogP contribution in [-0.2, 0) is 0 Å². The van der Waals surface area contributed by atoms with Crippen molar-refractivity contribution in [3.8, 4) is 0 Å². The molecule has 2 rings (SSSR count). The van der Waals surface area contributed by atoms with Gasteiger partial charge in [-0.1, -0.05) is 0 Å². The molecule has 0 heterocycles. The van der Waals surface area contributed by atoms with Crippen LogP contribution in [0.4, 0.5) is 27.1 Å². The zero-order chi connectivity index (χ0) is 14.0. The molecule has 0 saturated heterocycles. The van der Waals surface area contributed by atoms with Crippen LogP contribution < -0.4 is 11.1 Å². The Balaban J connectivity index is 2.35. The van der Waals surface area contributed by atoms with Crippen LogP contribution in [0.5, 0.6) is 0 Å². The Kier molecular flexibility index (Phi) is 3.84. The van der Waals surface area contributed by atoms with Gasteiger partial charge in [0.15, 0.2) is 0 Å². The molecule has 0 atom stereocenters. The van der Waals surface area contributed by atoms with E-state index in [2.05, 4.69) is 5.32 Å². The normalized spacial score (nSPS) is 10.2. The first-order valence-electron chi connectivity index (χ1n) is 5.23. The van der Waals surface area contributed by atoms with E-state index in [0.29, 0.717) is 14.9 Å². The molecule has 0 spiro atoms. The highest BCUT2D eigenvalue weighted by Crippen LogP contribution is 2.27. The number of non-ortho nitro benzene ring substituents is 1. The number of hydrogen-bond donors (Lipinski definition) is 2. The van der Waals surface area contributed by atoms with E-state index in [9.17, 15) is 14.5 Å². The molecular formula is C12H9FIN3O2. The Labute approximate surface area is 121 Å². The van der Waals surface area contributed by atoms with E-state index in [1.807, 2.05) is 22.6 Å². The fraction of sp³-hybridized carbons (Fsp3) is 0. The molecular weight excluding hydrogens is 364 g/mol. The Morgan fingerprint density at radius 3 is 2.63 bits per heavy atom. The van der Waals surface area contributed by atoms with Gasteiger partial charge in [0.2, 0.25) is 0 Å². The van der Waals surface area contributed by atoms with E-state index in [1.54, 1.807) is 12.1 Å². The Hall–Kier alpha value is -1.90. The molecule has 19 heavy (non-hydrogen) atoms. The Morgan fingerprint density at radius 1 is 1.26 bits per heavy atom.